The van der Waals surface area contributed by atoms with Gasteiger partial charge in [-0.3, -0.25) is 9.59 Å². The van der Waals surface area contributed by atoms with Crippen LogP contribution in [0.3, 0.4) is 0 Å². The lowest BCUT2D eigenvalue weighted by molar-refractivity contribution is -0.121. The smallest absolute Gasteiger partial charge is 0.251 e. The molecule has 0 aliphatic rings. The van der Waals surface area contributed by atoms with Gasteiger partial charge in [-0.15, -0.1) is 0 Å². The molecule has 0 bridgehead atoms. The number of aliphatic hydroxyl groups excluding tert-OH is 1. The highest BCUT2D eigenvalue weighted by Crippen LogP contribution is 2.07. The number of benzene rings is 1. The van der Waals surface area contributed by atoms with Gasteiger partial charge in [0.05, 0.1) is 31.4 Å². The summed E-state index contributed by atoms with van der Waals surface area (Å²) in [5.41, 5.74) is 2.66. The molecule has 0 heterocycles. The topological polar surface area (TPSA) is 112 Å². The third kappa shape index (κ3) is 9.48. The molecule has 0 fully saturated rings. The lowest BCUT2D eigenvalue weighted by Crippen LogP contribution is -2.32. The van der Waals surface area contributed by atoms with Crippen LogP contribution in [0.4, 0.5) is 0 Å². The Morgan fingerprint density at radius 1 is 1.14 bits per heavy atom. The molecule has 0 saturated heterocycles. The maximum atomic E-state index is 12.1. The molecule has 3 N–H and O–H groups in total. The number of hydrogen-bond donors (Lipinski definition) is 3. The Balaban J connectivity index is 2.58. The number of nitrogens with one attached hydrogen (secondary N) is 2. The fourth-order valence-corrected chi connectivity index (χ4v) is 2.14. The number of hydrogen-bond acceptors (Lipinski definition) is 6. The molecule has 0 aliphatic heterocycles. The fraction of sp³-hybridized carbons (Fsp3) is 0.333. The highest BCUT2D eigenvalue weighted by molar-refractivity contribution is 6.00. The highest BCUT2D eigenvalue weighted by atomic mass is 16.5. The van der Waals surface area contributed by atoms with E-state index in [1.165, 1.54) is 6.21 Å². The predicted molar refractivity (Wildman–Crippen MR) is 114 cm³/mol. The van der Waals surface area contributed by atoms with Crippen molar-refractivity contribution in [2.75, 3.05) is 26.8 Å². The summed E-state index contributed by atoms with van der Waals surface area (Å²) < 4.78 is 5.04. The average Bonchev–Trinajstić information content (AvgIpc) is 2.71. The first kappa shape index (κ1) is 23.8. The number of ether oxygens (including phenoxy) is 1. The van der Waals surface area contributed by atoms with Gasteiger partial charge < -0.3 is 20.5 Å². The van der Waals surface area contributed by atoms with Crippen LogP contribution in [0.25, 0.3) is 0 Å². The van der Waals surface area contributed by atoms with E-state index in [0.29, 0.717) is 16.8 Å². The molecule has 1 aromatic carbocycles. The fourth-order valence-electron chi connectivity index (χ4n) is 2.14. The van der Waals surface area contributed by atoms with Crippen molar-refractivity contribution in [3.63, 3.8) is 0 Å². The molecular formula is C21H28N4O4. The van der Waals surface area contributed by atoms with Crippen molar-refractivity contribution in [1.82, 2.24) is 10.6 Å². The molecule has 0 aromatic heterocycles. The molecule has 0 radical (unpaired) electrons. The summed E-state index contributed by atoms with van der Waals surface area (Å²) >= 11 is 0. The molecule has 0 spiro atoms. The SMILES string of the molecule is C=C(/C=N\N=C(\C)c1ccc(C(=O)NCCC(=O)NCCO)cc1)/C=C(\C)OC. The molecule has 0 atom stereocenters. The van der Waals surface area contributed by atoms with E-state index in [-0.39, 0.29) is 37.9 Å². The van der Waals surface area contributed by atoms with Crippen molar-refractivity contribution >= 4 is 23.7 Å². The second-order valence-corrected chi connectivity index (χ2v) is 6.12. The first-order chi connectivity index (χ1) is 13.9. The van der Waals surface area contributed by atoms with Crippen LogP contribution in [0.5, 0.6) is 0 Å². The minimum Gasteiger partial charge on any atom is -0.501 e. The number of carbonyl (C=O) groups is 2. The Hall–Kier alpha value is -3.26. The van der Waals surface area contributed by atoms with Gasteiger partial charge in [0.15, 0.2) is 0 Å². The van der Waals surface area contributed by atoms with E-state index < -0.39 is 0 Å². The quantitative estimate of drug-likeness (QED) is 0.228. The van der Waals surface area contributed by atoms with Gasteiger partial charge in [0.1, 0.15) is 0 Å². The van der Waals surface area contributed by atoms with Crippen LogP contribution in [0, 0.1) is 0 Å². The second kappa shape index (κ2) is 13.0. The van der Waals surface area contributed by atoms with E-state index in [1.807, 2.05) is 13.8 Å². The summed E-state index contributed by atoms with van der Waals surface area (Å²) in [5.74, 6) is 0.232. The van der Waals surface area contributed by atoms with E-state index in [9.17, 15) is 9.59 Å². The van der Waals surface area contributed by atoms with E-state index in [0.717, 1.165) is 11.3 Å². The molecule has 1 rings (SSSR count). The number of aliphatic hydroxyl groups is 1. The molecule has 156 valence electrons. The maximum Gasteiger partial charge on any atom is 0.251 e. The Kier molecular flexibility index (Phi) is 10.7. The summed E-state index contributed by atoms with van der Waals surface area (Å²) in [4.78, 5) is 23.5. The third-order valence-electron chi connectivity index (χ3n) is 3.78. The van der Waals surface area contributed by atoms with Gasteiger partial charge in [-0.25, -0.2) is 0 Å². The number of amides is 2. The van der Waals surface area contributed by atoms with Crippen molar-refractivity contribution in [1.29, 1.82) is 0 Å². The highest BCUT2D eigenvalue weighted by Gasteiger charge is 2.07. The third-order valence-corrected chi connectivity index (χ3v) is 3.78. The van der Waals surface area contributed by atoms with E-state index in [4.69, 9.17) is 9.84 Å². The van der Waals surface area contributed by atoms with Gasteiger partial charge in [0.2, 0.25) is 5.91 Å². The molecule has 8 heteroatoms. The maximum absolute atomic E-state index is 12.1. The molecule has 0 aliphatic carbocycles. The Labute approximate surface area is 171 Å². The van der Waals surface area contributed by atoms with Crippen molar-refractivity contribution in [3.8, 4) is 0 Å². The van der Waals surface area contributed by atoms with E-state index in [1.54, 1.807) is 37.5 Å². The zero-order valence-corrected chi connectivity index (χ0v) is 17.1. The van der Waals surface area contributed by atoms with Crippen molar-refractivity contribution in [3.05, 3.63) is 59.4 Å². The zero-order chi connectivity index (χ0) is 21.6. The minimum absolute atomic E-state index is 0.113. The zero-order valence-electron chi connectivity index (χ0n) is 17.1. The molecule has 8 nitrogen and oxygen atoms in total. The predicted octanol–water partition coefficient (Wildman–Crippen LogP) is 1.82. The van der Waals surface area contributed by atoms with Gasteiger partial charge in [0, 0.05) is 25.1 Å². The lowest BCUT2D eigenvalue weighted by Gasteiger charge is -2.06. The molecular weight excluding hydrogens is 372 g/mol. The largest absolute Gasteiger partial charge is 0.501 e. The van der Waals surface area contributed by atoms with Crippen LogP contribution in [-0.4, -0.2) is 55.7 Å². The number of carbonyl (C=O) groups excluding carboxylic acids is 2. The van der Waals surface area contributed by atoms with Crippen LogP contribution >= 0.6 is 0 Å². The van der Waals surface area contributed by atoms with Crippen LogP contribution in [0.2, 0.25) is 0 Å². The normalized spacial score (nSPS) is 12.0. The molecule has 2 amide bonds. The van der Waals surface area contributed by atoms with E-state index >= 15 is 0 Å². The second-order valence-electron chi connectivity index (χ2n) is 6.12. The van der Waals surface area contributed by atoms with Gasteiger partial charge >= 0.3 is 0 Å². The molecule has 1 aromatic rings. The van der Waals surface area contributed by atoms with Gasteiger partial charge in [-0.05, 0) is 43.2 Å². The number of methoxy groups -OCH3 is 1. The van der Waals surface area contributed by atoms with Gasteiger partial charge in [0.25, 0.3) is 5.91 Å². The summed E-state index contributed by atoms with van der Waals surface area (Å²) in [6.07, 6.45) is 3.43. The van der Waals surface area contributed by atoms with Crippen molar-refractivity contribution in [2.24, 2.45) is 10.2 Å². The standard InChI is InChI=1S/C21H28N4O4/c1-15(13-16(2)29-4)14-24-25-17(3)18-5-7-19(8-6-18)21(28)23-10-9-20(27)22-11-12-26/h5-8,13-14,26H,1,9-12H2,2-4H3,(H,22,27)(H,23,28)/b16-13+,24-14-,25-17-. The van der Waals surface area contributed by atoms with Crippen LogP contribution < -0.4 is 10.6 Å². The first-order valence-electron chi connectivity index (χ1n) is 9.12. The van der Waals surface area contributed by atoms with Crippen molar-refractivity contribution in [2.45, 2.75) is 20.3 Å². The summed E-state index contributed by atoms with van der Waals surface area (Å²) in [6, 6.07) is 6.92. The minimum atomic E-state index is -0.268. The van der Waals surface area contributed by atoms with Crippen LogP contribution in [-0.2, 0) is 9.53 Å². The number of rotatable bonds is 11. The van der Waals surface area contributed by atoms with Gasteiger partial charge in [-0.1, -0.05) is 18.7 Å². The monoisotopic (exact) mass is 400 g/mol. The van der Waals surface area contributed by atoms with Crippen LogP contribution in [0.15, 0.2) is 58.5 Å². The average molecular weight is 400 g/mol. The Bertz CT molecular complexity index is 795. The summed E-state index contributed by atoms with van der Waals surface area (Å²) in [5, 5.41) is 22.0. The summed E-state index contributed by atoms with van der Waals surface area (Å²) in [6.45, 7) is 7.78. The van der Waals surface area contributed by atoms with Gasteiger partial charge in [-0.2, -0.15) is 10.2 Å². The molecule has 0 unspecified atom stereocenters. The van der Waals surface area contributed by atoms with Crippen molar-refractivity contribution < 1.29 is 19.4 Å². The molecule has 0 saturated carbocycles. The summed E-state index contributed by atoms with van der Waals surface area (Å²) in [7, 11) is 1.58. The Morgan fingerprint density at radius 3 is 2.41 bits per heavy atom. The lowest BCUT2D eigenvalue weighted by atomic mass is 10.1. The first-order valence-corrected chi connectivity index (χ1v) is 9.12. The number of allylic oxidation sites excluding steroid dienone is 3. The molecule has 29 heavy (non-hydrogen) atoms. The Morgan fingerprint density at radius 2 is 1.79 bits per heavy atom. The number of nitrogens with zero attached hydrogens (tertiary/aromatic N) is 2. The van der Waals surface area contributed by atoms with Crippen LogP contribution in [0.1, 0.15) is 36.2 Å². The van der Waals surface area contributed by atoms with E-state index in [2.05, 4.69) is 27.4 Å².